The van der Waals surface area contributed by atoms with Gasteiger partial charge >= 0.3 is 0 Å². The molecule has 0 atom stereocenters. The van der Waals surface area contributed by atoms with Gasteiger partial charge in [-0.05, 0) is 227 Å². The Bertz CT molecular complexity index is 1290. The first-order valence-electron chi connectivity index (χ1n) is 31.0. The molecule has 3 heterocycles. The molecule has 4 rings (SSSR count). The van der Waals surface area contributed by atoms with Crippen LogP contribution in [0.15, 0.2) is 0 Å². The fourth-order valence-electron chi connectivity index (χ4n) is 9.39. The number of nitrogens with two attached hydrogens (primary N) is 2. The van der Waals surface area contributed by atoms with Crippen LogP contribution in [-0.2, 0) is 14.4 Å². The summed E-state index contributed by atoms with van der Waals surface area (Å²) in [7, 11) is 4.29. The van der Waals surface area contributed by atoms with Crippen molar-refractivity contribution >= 4 is 29.5 Å². The topological polar surface area (TPSA) is 192 Å². The third-order valence-electron chi connectivity index (χ3n) is 14.2. The molecule has 0 radical (unpaired) electrons. The van der Waals surface area contributed by atoms with E-state index in [0.29, 0.717) is 36.8 Å². The molecule has 0 spiro atoms. The molecule has 4 fully saturated rings. The van der Waals surface area contributed by atoms with Crippen LogP contribution in [0.2, 0.25) is 0 Å². The Labute approximate surface area is 473 Å². The summed E-state index contributed by atoms with van der Waals surface area (Å²) in [6.07, 6.45) is 23.7. The molecule has 16 nitrogen and oxygen atoms in total. The van der Waals surface area contributed by atoms with Crippen LogP contribution in [0.5, 0.6) is 0 Å². The fraction of sp³-hybridized carbons (Fsp3) is 0.949. The lowest BCUT2D eigenvalue weighted by atomic mass is 9.91. The second-order valence-electron chi connectivity index (χ2n) is 23.5. The van der Waals surface area contributed by atoms with E-state index in [1.165, 1.54) is 180 Å². The van der Waals surface area contributed by atoms with Gasteiger partial charge in [0.05, 0.1) is 19.6 Å². The number of nitrogens with zero attached hydrogens (tertiary/aromatic N) is 5. The Kier molecular flexibility index (Phi) is 49.2. The summed E-state index contributed by atoms with van der Waals surface area (Å²) >= 11 is 2.09. The molecule has 452 valence electrons. The summed E-state index contributed by atoms with van der Waals surface area (Å²) < 4.78 is 0. The molecule has 0 bridgehead atoms. The summed E-state index contributed by atoms with van der Waals surface area (Å²) in [5.74, 6) is 0.256. The fourth-order valence-corrected chi connectivity index (χ4v) is 10.2. The van der Waals surface area contributed by atoms with E-state index in [1.54, 1.807) is 0 Å². The van der Waals surface area contributed by atoms with Gasteiger partial charge in [-0.15, -0.1) is 0 Å². The zero-order valence-corrected chi connectivity index (χ0v) is 52.5. The van der Waals surface area contributed by atoms with E-state index in [9.17, 15) is 14.4 Å². The maximum absolute atomic E-state index is 11.6. The van der Waals surface area contributed by atoms with Gasteiger partial charge in [0, 0.05) is 42.8 Å². The van der Waals surface area contributed by atoms with E-state index < -0.39 is 11.8 Å². The van der Waals surface area contributed by atoms with E-state index >= 15 is 0 Å². The molecule has 0 aromatic heterocycles. The van der Waals surface area contributed by atoms with Crippen molar-refractivity contribution in [3.63, 3.8) is 0 Å². The van der Waals surface area contributed by atoms with Gasteiger partial charge in [-0.25, -0.2) is 0 Å². The van der Waals surface area contributed by atoms with Crippen molar-refractivity contribution in [2.24, 2.45) is 11.5 Å². The molecular weight excluding hydrogens is 971 g/mol. The van der Waals surface area contributed by atoms with Crippen molar-refractivity contribution in [1.29, 1.82) is 0 Å². The Morgan fingerprint density at radius 1 is 0.526 bits per heavy atom. The molecule has 0 aromatic carbocycles. The number of carbonyl (C=O) groups is 3. The number of likely N-dealkylation sites (tertiary alicyclic amines) is 3. The summed E-state index contributed by atoms with van der Waals surface area (Å²) in [4.78, 5) is 46.4. The van der Waals surface area contributed by atoms with Crippen LogP contribution in [0.25, 0.3) is 0 Å². The third kappa shape index (κ3) is 49.4. The highest BCUT2D eigenvalue weighted by molar-refractivity contribution is 7.99. The number of piperidine rings is 3. The normalized spacial score (nSPS) is 18.6. The van der Waals surface area contributed by atoms with E-state index in [0.717, 1.165) is 43.8 Å². The van der Waals surface area contributed by atoms with Gasteiger partial charge in [-0.1, -0.05) is 74.7 Å². The number of hydrogen-bond acceptors (Lipinski definition) is 14. The minimum atomic E-state index is -0.424. The standard InChI is InChI=1S/C16H34N6O3.C12H26N2.C11H24N2.C11H23NS.C9H20N2/c1-13(2)18-6-4-8-22(3)9-5-7-19-15(24)11-21-16(25)12-20-14(23)10-17;1-12(2)13(3)8-7-11-14-9-5-4-6-10-14;1-11(2)12-7-6-10-13-8-4-3-5-9-13;1-11(2)13-10-6-9-12-7-4-3-5-8-12;1-7(2)11-9-5-3-8(10)4-6-9/h13,18H,4-12,17H2,1-3H3,(H,19,24)(H,20,23)(H,21,25);12H,4-11H2,1-3H3;11-12H,3-10H2,1-2H3;11H,3-10H2,1-2H3;7-9,11H,3-6,10H2,1-2H3. The molecule has 76 heavy (non-hydrogen) atoms. The van der Waals surface area contributed by atoms with Crippen LogP contribution in [0.3, 0.4) is 0 Å². The first kappa shape index (κ1) is 74.4. The van der Waals surface area contributed by atoms with E-state index in [-0.39, 0.29) is 25.5 Å². The molecule has 0 unspecified atom stereocenters. The van der Waals surface area contributed by atoms with Crippen LogP contribution in [0.1, 0.15) is 185 Å². The van der Waals surface area contributed by atoms with E-state index in [4.69, 9.17) is 11.5 Å². The minimum absolute atomic E-state index is 0.103. The monoisotopic (exact) mass is 1100 g/mol. The molecule has 4 aliphatic rings. The van der Waals surface area contributed by atoms with Crippen LogP contribution in [-0.4, -0.2) is 221 Å². The average Bonchev–Trinajstić information content (AvgIpc) is 3.39. The van der Waals surface area contributed by atoms with Gasteiger partial charge in [-0.3, -0.25) is 14.4 Å². The van der Waals surface area contributed by atoms with Crippen molar-refractivity contribution < 1.29 is 14.4 Å². The SMILES string of the molecule is CC(C)N(C)CCCN1CCCCC1.CC(C)NC1CCC(N)CC1.CC(C)NCCCN(C)CCCNC(=O)CNC(=O)CNC(=O)CN.CC(C)NCCCN1CCCCC1.CC(C)SCCCN1CCCCC1. The van der Waals surface area contributed by atoms with Crippen LogP contribution in [0, 0.1) is 0 Å². The second kappa shape index (κ2) is 50.3. The Hall–Kier alpha value is -1.64. The van der Waals surface area contributed by atoms with Gasteiger partial charge in [0.25, 0.3) is 0 Å². The van der Waals surface area contributed by atoms with Crippen molar-refractivity contribution in [1.82, 2.24) is 56.4 Å². The Balaban J connectivity index is 0.000000959. The van der Waals surface area contributed by atoms with Crippen molar-refractivity contribution in [3.05, 3.63) is 0 Å². The maximum Gasteiger partial charge on any atom is 0.239 e. The zero-order chi connectivity index (χ0) is 56.8. The van der Waals surface area contributed by atoms with Crippen LogP contribution in [0.4, 0.5) is 0 Å². The lowest BCUT2D eigenvalue weighted by Crippen LogP contribution is -2.43. The zero-order valence-electron chi connectivity index (χ0n) is 51.7. The number of rotatable bonds is 31. The summed E-state index contributed by atoms with van der Waals surface area (Å²) in [6.45, 7) is 39.6. The van der Waals surface area contributed by atoms with E-state index in [1.807, 2.05) is 0 Å². The number of thioether (sulfide) groups is 1. The van der Waals surface area contributed by atoms with Crippen molar-refractivity contribution in [2.45, 2.75) is 226 Å². The molecular formula is C59H127N13O3S. The predicted molar refractivity (Wildman–Crippen MR) is 330 cm³/mol. The number of nitrogens with one attached hydrogen (secondary N) is 6. The van der Waals surface area contributed by atoms with Gasteiger partial charge in [-0.2, -0.15) is 11.8 Å². The van der Waals surface area contributed by atoms with E-state index in [2.05, 4.69) is 151 Å². The highest BCUT2D eigenvalue weighted by atomic mass is 32.2. The van der Waals surface area contributed by atoms with Gasteiger partial charge < -0.3 is 67.9 Å². The predicted octanol–water partition coefficient (Wildman–Crippen LogP) is 6.33. The Morgan fingerprint density at radius 2 is 0.961 bits per heavy atom. The summed E-state index contributed by atoms with van der Waals surface area (Å²) in [5.41, 5.74) is 10.9. The first-order chi connectivity index (χ1) is 36.3. The lowest BCUT2D eigenvalue weighted by molar-refractivity contribution is -0.127. The van der Waals surface area contributed by atoms with Crippen LogP contribution >= 0.6 is 11.8 Å². The highest BCUT2D eigenvalue weighted by Crippen LogP contribution is 2.17. The molecule has 3 aliphatic heterocycles. The number of hydrogen-bond donors (Lipinski definition) is 8. The molecule has 1 aliphatic carbocycles. The second-order valence-corrected chi connectivity index (χ2v) is 25.2. The highest BCUT2D eigenvalue weighted by Gasteiger charge is 2.18. The third-order valence-corrected chi connectivity index (χ3v) is 15.4. The molecule has 1 saturated carbocycles. The van der Waals surface area contributed by atoms with Crippen LogP contribution < -0.4 is 43.4 Å². The molecule has 3 amide bonds. The van der Waals surface area contributed by atoms with Crippen molar-refractivity contribution in [3.8, 4) is 0 Å². The lowest BCUT2D eigenvalue weighted by Gasteiger charge is -2.28. The number of amides is 3. The summed E-state index contributed by atoms with van der Waals surface area (Å²) in [5, 5.41) is 18.7. The minimum Gasteiger partial charge on any atom is -0.355 e. The first-order valence-corrected chi connectivity index (χ1v) is 32.0. The smallest absolute Gasteiger partial charge is 0.239 e. The average molecular weight is 1100 g/mol. The quantitative estimate of drug-likeness (QED) is 0.0360. The molecule has 10 N–H and O–H groups in total. The number of carbonyl (C=O) groups excluding carboxylic acids is 3. The van der Waals surface area contributed by atoms with Gasteiger partial charge in [0.15, 0.2) is 0 Å². The Morgan fingerprint density at radius 3 is 1.41 bits per heavy atom. The maximum atomic E-state index is 11.6. The molecule has 0 aromatic rings. The van der Waals surface area contributed by atoms with Crippen molar-refractivity contribution in [2.75, 3.05) is 138 Å². The molecule has 17 heteroatoms. The largest absolute Gasteiger partial charge is 0.355 e. The molecule has 3 saturated heterocycles. The summed E-state index contributed by atoms with van der Waals surface area (Å²) in [6, 6.07) is 3.67. The van der Waals surface area contributed by atoms with Gasteiger partial charge in [0.2, 0.25) is 17.7 Å². The van der Waals surface area contributed by atoms with Gasteiger partial charge in [0.1, 0.15) is 0 Å².